The van der Waals surface area contributed by atoms with Gasteiger partial charge in [-0.05, 0) is 0 Å². The molecule has 0 aromatic carbocycles. The molecule has 0 unspecified atom stereocenters. The summed E-state index contributed by atoms with van der Waals surface area (Å²) in [7, 11) is -3.71. The number of hydrogen-bond donors (Lipinski definition) is 0. The van der Waals surface area contributed by atoms with Crippen molar-refractivity contribution in [2.45, 2.75) is 0 Å². The van der Waals surface area contributed by atoms with Crippen LogP contribution >= 0.6 is 11.6 Å². The molecule has 1 rings (SSSR count). The minimum absolute atomic E-state index is 0.202. The highest BCUT2D eigenvalue weighted by Crippen LogP contribution is 2.23. The number of hydrogen-bond acceptors (Lipinski definition) is 4. The number of rotatable bonds is 2. The van der Waals surface area contributed by atoms with Gasteiger partial charge in [-0.2, -0.15) is 8.42 Å². The summed E-state index contributed by atoms with van der Waals surface area (Å²) in [6.07, 6.45) is 1.69. The molecular weight excluding hydrogens is 221 g/mol. The standard InChI is InChI=1S/C6H5ClFNO3S/c1-13(10,11)12-5-2-4(8)3-9-6(5)7/h2-3H,1H3. The SMILES string of the molecule is CS(=O)(=O)Oc1cc(F)cnc1Cl. The van der Waals surface area contributed by atoms with Gasteiger partial charge in [-0.15, -0.1) is 0 Å². The average Bonchev–Trinajstić information content (AvgIpc) is 1.94. The Kier molecular flexibility index (Phi) is 2.72. The van der Waals surface area contributed by atoms with Crippen molar-refractivity contribution in [3.05, 3.63) is 23.2 Å². The Morgan fingerprint density at radius 2 is 2.23 bits per heavy atom. The van der Waals surface area contributed by atoms with Gasteiger partial charge in [0.1, 0.15) is 5.82 Å². The Morgan fingerprint density at radius 3 is 2.77 bits per heavy atom. The fourth-order valence-electron chi connectivity index (χ4n) is 0.626. The van der Waals surface area contributed by atoms with E-state index in [-0.39, 0.29) is 10.9 Å². The maximum Gasteiger partial charge on any atom is 0.306 e. The van der Waals surface area contributed by atoms with Gasteiger partial charge in [-0.1, -0.05) is 11.6 Å². The molecule has 0 spiro atoms. The highest BCUT2D eigenvalue weighted by molar-refractivity contribution is 7.86. The van der Waals surface area contributed by atoms with E-state index in [4.69, 9.17) is 11.6 Å². The van der Waals surface area contributed by atoms with Crippen LogP contribution in [0.25, 0.3) is 0 Å². The second kappa shape index (κ2) is 3.47. The summed E-state index contributed by atoms with van der Waals surface area (Å²) in [5.41, 5.74) is 0. The van der Waals surface area contributed by atoms with E-state index < -0.39 is 15.9 Å². The van der Waals surface area contributed by atoms with Crippen LogP contribution < -0.4 is 4.18 Å². The van der Waals surface area contributed by atoms with Crippen LogP contribution in [-0.4, -0.2) is 19.7 Å². The van der Waals surface area contributed by atoms with E-state index in [0.717, 1.165) is 18.5 Å². The number of halogens is 2. The lowest BCUT2D eigenvalue weighted by atomic mass is 10.4. The van der Waals surface area contributed by atoms with Crippen LogP contribution in [0, 0.1) is 5.82 Å². The van der Waals surface area contributed by atoms with E-state index >= 15 is 0 Å². The summed E-state index contributed by atoms with van der Waals surface area (Å²) in [5, 5.41) is -0.202. The Hall–Kier alpha value is -0.880. The summed E-state index contributed by atoms with van der Waals surface area (Å²) in [6.45, 7) is 0. The highest BCUT2D eigenvalue weighted by Gasteiger charge is 2.10. The molecule has 13 heavy (non-hydrogen) atoms. The fourth-order valence-corrected chi connectivity index (χ4v) is 1.27. The quantitative estimate of drug-likeness (QED) is 0.561. The van der Waals surface area contributed by atoms with E-state index in [1.165, 1.54) is 0 Å². The van der Waals surface area contributed by atoms with Gasteiger partial charge < -0.3 is 4.18 Å². The van der Waals surface area contributed by atoms with E-state index in [1.54, 1.807) is 0 Å². The van der Waals surface area contributed by atoms with Crippen molar-refractivity contribution in [1.29, 1.82) is 0 Å². The first-order chi connectivity index (χ1) is 5.88. The molecule has 1 aromatic heterocycles. The van der Waals surface area contributed by atoms with Gasteiger partial charge >= 0.3 is 10.1 Å². The molecule has 0 fully saturated rings. The molecule has 72 valence electrons. The Morgan fingerprint density at radius 1 is 1.62 bits per heavy atom. The van der Waals surface area contributed by atoms with Gasteiger partial charge in [0.05, 0.1) is 12.5 Å². The van der Waals surface area contributed by atoms with Crippen LogP contribution in [0.5, 0.6) is 5.75 Å². The third kappa shape index (κ3) is 3.16. The smallest absolute Gasteiger partial charge is 0.306 e. The maximum atomic E-state index is 12.5. The van der Waals surface area contributed by atoms with Crippen molar-refractivity contribution in [2.24, 2.45) is 0 Å². The van der Waals surface area contributed by atoms with Crippen LogP contribution in [0.3, 0.4) is 0 Å². The van der Waals surface area contributed by atoms with Crippen molar-refractivity contribution in [1.82, 2.24) is 4.98 Å². The molecule has 0 atom stereocenters. The normalized spacial score (nSPS) is 11.3. The topological polar surface area (TPSA) is 56.3 Å². The van der Waals surface area contributed by atoms with Gasteiger partial charge in [0, 0.05) is 6.07 Å². The van der Waals surface area contributed by atoms with Crippen LogP contribution in [-0.2, 0) is 10.1 Å². The first kappa shape index (κ1) is 10.2. The summed E-state index contributed by atoms with van der Waals surface area (Å²) in [6, 6.07) is 0.844. The summed E-state index contributed by atoms with van der Waals surface area (Å²) in [5.74, 6) is -1.03. The molecule has 1 heterocycles. The van der Waals surface area contributed by atoms with Gasteiger partial charge in [-0.25, -0.2) is 9.37 Å². The summed E-state index contributed by atoms with van der Waals surface area (Å²) in [4.78, 5) is 3.36. The van der Waals surface area contributed by atoms with Gasteiger partial charge in [0.15, 0.2) is 10.9 Å². The molecule has 0 N–H and O–H groups in total. The molecular formula is C6H5ClFNO3S. The molecule has 0 amide bonds. The minimum atomic E-state index is -3.71. The third-order valence-electron chi connectivity index (χ3n) is 1.01. The number of nitrogens with zero attached hydrogens (tertiary/aromatic N) is 1. The van der Waals surface area contributed by atoms with Gasteiger partial charge in [0.25, 0.3) is 0 Å². The predicted molar refractivity (Wildman–Crippen MR) is 44.7 cm³/mol. The zero-order valence-electron chi connectivity index (χ0n) is 6.49. The number of aromatic nitrogens is 1. The first-order valence-electron chi connectivity index (χ1n) is 3.09. The monoisotopic (exact) mass is 225 g/mol. The van der Waals surface area contributed by atoms with Crippen LogP contribution in [0.1, 0.15) is 0 Å². The maximum absolute atomic E-state index is 12.5. The van der Waals surface area contributed by atoms with E-state index in [1.807, 2.05) is 0 Å². The second-order valence-electron chi connectivity index (χ2n) is 2.23. The third-order valence-corrected chi connectivity index (χ3v) is 1.78. The Bertz CT molecular complexity index is 420. The zero-order chi connectivity index (χ0) is 10.1. The van der Waals surface area contributed by atoms with Gasteiger partial charge in [-0.3, -0.25) is 0 Å². The minimum Gasteiger partial charge on any atom is -0.379 e. The molecule has 0 radical (unpaired) electrons. The first-order valence-corrected chi connectivity index (χ1v) is 5.28. The van der Waals surface area contributed by atoms with Crippen molar-refractivity contribution in [3.8, 4) is 5.75 Å². The molecule has 7 heteroatoms. The van der Waals surface area contributed by atoms with Crippen molar-refractivity contribution < 1.29 is 17.0 Å². The average molecular weight is 226 g/mol. The van der Waals surface area contributed by atoms with Crippen molar-refractivity contribution >= 4 is 21.7 Å². The lowest BCUT2D eigenvalue weighted by Crippen LogP contribution is -2.06. The van der Waals surface area contributed by atoms with Crippen LogP contribution in [0.4, 0.5) is 4.39 Å². The fraction of sp³-hybridized carbons (Fsp3) is 0.167. The van der Waals surface area contributed by atoms with Crippen molar-refractivity contribution in [2.75, 3.05) is 6.26 Å². The summed E-state index contributed by atoms with van der Waals surface area (Å²) >= 11 is 5.44. The lowest BCUT2D eigenvalue weighted by molar-refractivity contribution is 0.488. The molecule has 1 aromatic rings. The Balaban J connectivity index is 3.08. The molecule has 0 aliphatic carbocycles. The highest BCUT2D eigenvalue weighted by atomic mass is 35.5. The van der Waals surface area contributed by atoms with Crippen LogP contribution in [0.15, 0.2) is 12.3 Å². The second-order valence-corrected chi connectivity index (χ2v) is 4.16. The van der Waals surface area contributed by atoms with E-state index in [0.29, 0.717) is 0 Å². The van der Waals surface area contributed by atoms with E-state index in [2.05, 4.69) is 9.17 Å². The molecule has 0 saturated heterocycles. The molecule has 0 bridgehead atoms. The zero-order valence-corrected chi connectivity index (χ0v) is 8.06. The molecule has 4 nitrogen and oxygen atoms in total. The van der Waals surface area contributed by atoms with Crippen molar-refractivity contribution in [3.63, 3.8) is 0 Å². The molecule has 0 aliphatic heterocycles. The Labute approximate surface area is 79.4 Å². The predicted octanol–water partition coefficient (Wildman–Crippen LogP) is 1.21. The number of pyridine rings is 1. The van der Waals surface area contributed by atoms with Gasteiger partial charge in [0.2, 0.25) is 0 Å². The largest absolute Gasteiger partial charge is 0.379 e. The molecule has 0 saturated carbocycles. The van der Waals surface area contributed by atoms with Crippen LogP contribution in [0.2, 0.25) is 5.15 Å². The molecule has 0 aliphatic rings. The lowest BCUT2D eigenvalue weighted by Gasteiger charge is -2.03. The summed E-state index contributed by atoms with van der Waals surface area (Å²) < 4.78 is 38.1. The van der Waals surface area contributed by atoms with E-state index in [9.17, 15) is 12.8 Å².